The molecule has 1 saturated carbocycles. The fourth-order valence-electron chi connectivity index (χ4n) is 5.69. The molecule has 1 saturated heterocycles. The second kappa shape index (κ2) is 13.6. The van der Waals surface area contributed by atoms with Crippen LogP contribution < -0.4 is 4.74 Å². The maximum Gasteiger partial charge on any atom is 0.453 e. The normalized spacial score (nSPS) is 18.7. The highest BCUT2D eigenvalue weighted by Gasteiger charge is 2.43. The van der Waals surface area contributed by atoms with Crippen molar-refractivity contribution in [3.63, 3.8) is 0 Å². The van der Waals surface area contributed by atoms with E-state index in [0.717, 1.165) is 18.4 Å². The Kier molecular flexibility index (Phi) is 9.93. The predicted molar refractivity (Wildman–Crippen MR) is 169 cm³/mol. The van der Waals surface area contributed by atoms with Crippen LogP contribution >= 0.6 is 0 Å². The Hall–Kier alpha value is -4.36. The highest BCUT2D eigenvalue weighted by molar-refractivity contribution is 5.71. The van der Waals surface area contributed by atoms with Crippen molar-refractivity contribution in [2.45, 2.75) is 103 Å². The van der Waals surface area contributed by atoms with Crippen molar-refractivity contribution in [2.24, 2.45) is 5.92 Å². The first-order valence-electron chi connectivity index (χ1n) is 16.2. The van der Waals surface area contributed by atoms with E-state index in [0.29, 0.717) is 47.9 Å². The smallest absolute Gasteiger partial charge is 0.453 e. The number of carbonyl (C=O) groups excluding carboxylic acids is 2. The second-order valence-corrected chi connectivity index (χ2v) is 14.3. The van der Waals surface area contributed by atoms with Crippen molar-refractivity contribution in [3.05, 3.63) is 65.5 Å². The van der Waals surface area contributed by atoms with E-state index in [4.69, 9.17) is 14.2 Å². The Morgan fingerprint density at radius 3 is 2.25 bits per heavy atom. The third-order valence-electron chi connectivity index (χ3n) is 7.92. The molecule has 1 aliphatic heterocycles. The number of likely N-dealkylation sites (tertiary alicyclic amines) is 1. The fraction of sp³-hybridized carbons (Fsp3) is 0.559. The van der Waals surface area contributed by atoms with E-state index < -0.39 is 47.5 Å². The van der Waals surface area contributed by atoms with E-state index in [9.17, 15) is 22.8 Å². The number of piperidine rings is 1. The maximum absolute atomic E-state index is 14.2. The first-order chi connectivity index (χ1) is 22.5. The highest BCUT2D eigenvalue weighted by atomic mass is 19.4. The molecule has 11 nitrogen and oxygen atoms in total. The Balaban J connectivity index is 1.60. The highest BCUT2D eigenvalue weighted by Crippen LogP contribution is 2.39. The summed E-state index contributed by atoms with van der Waals surface area (Å²) in [5, 5.41) is 10.1. The summed E-state index contributed by atoms with van der Waals surface area (Å²) >= 11 is 0. The summed E-state index contributed by atoms with van der Waals surface area (Å²) in [6.45, 7) is 11.4. The zero-order valence-electron chi connectivity index (χ0n) is 28.2. The number of hydrogen-bond acceptors (Lipinski definition) is 8. The van der Waals surface area contributed by atoms with Crippen molar-refractivity contribution in [2.75, 3.05) is 13.2 Å². The number of amides is 2. The molecule has 2 fully saturated rings. The number of nitrogens with zero attached hydrogens (tertiary/aromatic N) is 6. The topological polar surface area (TPSA) is 112 Å². The largest absolute Gasteiger partial charge is 0.493 e. The van der Waals surface area contributed by atoms with Gasteiger partial charge in [-0.25, -0.2) is 9.59 Å². The van der Waals surface area contributed by atoms with Gasteiger partial charge in [0.25, 0.3) is 5.82 Å². The molecule has 260 valence electrons. The molecule has 1 aliphatic carbocycles. The van der Waals surface area contributed by atoms with E-state index in [2.05, 4.69) is 15.5 Å². The lowest BCUT2D eigenvalue weighted by atomic mass is 9.89. The molecule has 0 radical (unpaired) electrons. The van der Waals surface area contributed by atoms with Gasteiger partial charge in [0.2, 0.25) is 0 Å². The molecule has 0 bridgehead atoms. The van der Waals surface area contributed by atoms with Crippen LogP contribution in [0, 0.1) is 5.92 Å². The van der Waals surface area contributed by atoms with Gasteiger partial charge in [0.1, 0.15) is 17.0 Å². The van der Waals surface area contributed by atoms with E-state index >= 15 is 0 Å². The van der Waals surface area contributed by atoms with Gasteiger partial charge < -0.3 is 14.2 Å². The summed E-state index contributed by atoms with van der Waals surface area (Å²) in [4.78, 5) is 31.0. The molecule has 2 aromatic carbocycles. The van der Waals surface area contributed by atoms with E-state index in [1.807, 2.05) is 30.3 Å². The summed E-state index contributed by atoms with van der Waals surface area (Å²) < 4.78 is 59.9. The molecule has 48 heavy (non-hydrogen) atoms. The van der Waals surface area contributed by atoms with Crippen molar-refractivity contribution in [1.29, 1.82) is 0 Å². The van der Waals surface area contributed by atoms with Gasteiger partial charge in [-0.05, 0) is 107 Å². The molecule has 2 aliphatic rings. The minimum Gasteiger partial charge on any atom is -0.493 e. The summed E-state index contributed by atoms with van der Waals surface area (Å²) in [6.07, 6.45) is -2.83. The maximum atomic E-state index is 14.2. The standard InChI is InChI=1S/C34H43F3N6O5/c1-32(2,3)47-30(44)41-18-10-13-26(28(41)23-11-8-7-9-12-23)42(31(45)48-33(4,5)6)20-24-19-25(16-17-27(24)46-21-22-14-15-22)43-29(34(35,36)37)38-39-40-43/h7-9,11-12,16-17,19,22,26,28H,10,13-15,18,20-21H2,1-6H3/t26-,28-/m0/s1. The van der Waals surface area contributed by atoms with Crippen LogP contribution in [0.3, 0.4) is 0 Å². The lowest BCUT2D eigenvalue weighted by Gasteiger charge is -2.46. The van der Waals surface area contributed by atoms with Crippen LogP contribution in [0.2, 0.25) is 0 Å². The van der Waals surface area contributed by atoms with Crippen LogP contribution in [0.5, 0.6) is 5.75 Å². The predicted octanol–water partition coefficient (Wildman–Crippen LogP) is 7.35. The number of benzene rings is 2. The molecule has 0 spiro atoms. The van der Waals surface area contributed by atoms with Gasteiger partial charge in [-0.1, -0.05) is 30.3 Å². The average molecular weight is 673 g/mol. The van der Waals surface area contributed by atoms with Gasteiger partial charge in [-0.3, -0.25) is 9.80 Å². The number of ether oxygens (including phenoxy) is 3. The number of rotatable bonds is 8. The van der Waals surface area contributed by atoms with E-state index in [1.165, 1.54) is 12.1 Å². The first kappa shape index (κ1) is 35.0. The van der Waals surface area contributed by atoms with Crippen LogP contribution in [-0.2, 0) is 22.2 Å². The molecule has 0 N–H and O–H groups in total. The van der Waals surface area contributed by atoms with Gasteiger partial charge in [0, 0.05) is 12.1 Å². The number of alkyl halides is 3. The molecular formula is C34H43F3N6O5. The van der Waals surface area contributed by atoms with Gasteiger partial charge in [0.15, 0.2) is 0 Å². The molecule has 2 amide bonds. The SMILES string of the molecule is CC(C)(C)OC(=O)N(Cc1cc(-n2nnnc2C(F)(F)F)ccc1OCC1CC1)[C@H]1CCCN(C(=O)OC(C)(C)C)[C@H]1c1ccccc1. The molecular weight excluding hydrogens is 629 g/mol. The van der Waals surface area contributed by atoms with E-state index in [1.54, 1.807) is 57.4 Å². The molecule has 3 aromatic rings. The third-order valence-corrected chi connectivity index (χ3v) is 7.92. The van der Waals surface area contributed by atoms with Crippen LogP contribution in [0.15, 0.2) is 48.5 Å². The van der Waals surface area contributed by atoms with Gasteiger partial charge in [0.05, 0.1) is 30.9 Å². The van der Waals surface area contributed by atoms with Crippen molar-refractivity contribution in [3.8, 4) is 11.4 Å². The summed E-state index contributed by atoms with van der Waals surface area (Å²) in [5.74, 6) is -0.482. The zero-order chi connectivity index (χ0) is 34.9. The molecule has 5 rings (SSSR count). The zero-order valence-corrected chi connectivity index (χ0v) is 28.2. The Bertz CT molecular complexity index is 1580. The first-order valence-corrected chi connectivity index (χ1v) is 16.2. The van der Waals surface area contributed by atoms with Crippen LogP contribution in [-0.4, -0.2) is 72.6 Å². The van der Waals surface area contributed by atoms with Crippen LogP contribution in [0.25, 0.3) is 5.69 Å². The summed E-state index contributed by atoms with van der Waals surface area (Å²) in [7, 11) is 0. The van der Waals surface area contributed by atoms with Crippen LogP contribution in [0.4, 0.5) is 22.8 Å². The molecule has 14 heteroatoms. The summed E-state index contributed by atoms with van der Waals surface area (Å²) in [6, 6.07) is 12.7. The molecule has 2 atom stereocenters. The van der Waals surface area contributed by atoms with Crippen molar-refractivity contribution in [1.82, 2.24) is 30.0 Å². The second-order valence-electron chi connectivity index (χ2n) is 14.3. The molecule has 0 unspecified atom stereocenters. The number of tetrazole rings is 1. The quantitative estimate of drug-likeness (QED) is 0.244. The monoisotopic (exact) mass is 672 g/mol. The fourth-order valence-corrected chi connectivity index (χ4v) is 5.69. The number of aromatic nitrogens is 4. The Morgan fingerprint density at radius 2 is 1.62 bits per heavy atom. The van der Waals surface area contributed by atoms with Crippen molar-refractivity contribution >= 4 is 12.2 Å². The van der Waals surface area contributed by atoms with Gasteiger partial charge in [-0.15, -0.1) is 5.10 Å². The number of halogens is 3. The Labute approximate surface area is 278 Å². The number of hydrogen-bond donors (Lipinski definition) is 0. The summed E-state index contributed by atoms with van der Waals surface area (Å²) in [5.41, 5.74) is -0.342. The third kappa shape index (κ3) is 8.75. The molecule has 2 heterocycles. The van der Waals surface area contributed by atoms with Crippen LogP contribution in [0.1, 0.15) is 90.2 Å². The van der Waals surface area contributed by atoms with Gasteiger partial charge >= 0.3 is 18.4 Å². The Morgan fingerprint density at radius 1 is 0.938 bits per heavy atom. The minimum absolute atomic E-state index is 0.0453. The number of carbonyl (C=O) groups is 2. The molecule has 1 aromatic heterocycles. The van der Waals surface area contributed by atoms with E-state index in [-0.39, 0.29) is 12.2 Å². The lowest BCUT2D eigenvalue weighted by Crippen LogP contribution is -2.54. The minimum atomic E-state index is -4.80. The van der Waals surface area contributed by atoms with Gasteiger partial charge in [-0.2, -0.15) is 17.9 Å². The van der Waals surface area contributed by atoms with Crippen molar-refractivity contribution < 1.29 is 37.0 Å². The lowest BCUT2D eigenvalue weighted by molar-refractivity contribution is -0.146. The average Bonchev–Trinajstić information content (AvgIpc) is 3.68.